The fraction of sp³-hybridized carbons (Fsp3) is 0.167. The first kappa shape index (κ1) is 12.0. The second-order valence-electron chi connectivity index (χ2n) is 3.20. The van der Waals surface area contributed by atoms with Crippen LogP contribution in [0.5, 0.6) is 0 Å². The van der Waals surface area contributed by atoms with Gasteiger partial charge in [-0.05, 0) is 11.6 Å². The third kappa shape index (κ3) is 3.96. The van der Waals surface area contributed by atoms with E-state index >= 15 is 0 Å². The summed E-state index contributed by atoms with van der Waals surface area (Å²) in [5.74, 6) is -1.23. The molecule has 16 heavy (non-hydrogen) atoms. The zero-order chi connectivity index (χ0) is 12.0. The van der Waals surface area contributed by atoms with E-state index < -0.39 is 18.0 Å². The Labute approximate surface area is 93.7 Å². The van der Waals surface area contributed by atoms with Crippen LogP contribution in [0.4, 0.5) is 0 Å². The van der Waals surface area contributed by atoms with E-state index in [0.29, 0.717) is 0 Å². The molecule has 0 aliphatic heterocycles. The summed E-state index contributed by atoms with van der Waals surface area (Å²) in [6.07, 6.45) is 2.12. The van der Waals surface area contributed by atoms with Crippen LogP contribution in [0.1, 0.15) is 12.5 Å². The first-order valence-electron chi connectivity index (χ1n) is 4.79. The summed E-state index contributed by atoms with van der Waals surface area (Å²) < 4.78 is 4.73. The molecule has 1 unspecified atom stereocenters. The SMILES string of the molecule is CC(=O)OC(/C=C/c1ccccc1)C(N)=O. The summed E-state index contributed by atoms with van der Waals surface area (Å²) in [4.78, 5) is 21.7. The Bertz CT molecular complexity index is 398. The van der Waals surface area contributed by atoms with Crippen LogP contribution in [0, 0.1) is 0 Å². The maximum Gasteiger partial charge on any atom is 0.303 e. The second kappa shape index (κ2) is 5.70. The molecule has 4 nitrogen and oxygen atoms in total. The molecule has 1 aromatic rings. The predicted octanol–water partition coefficient (Wildman–Crippen LogP) is 1.12. The van der Waals surface area contributed by atoms with Crippen LogP contribution in [0.2, 0.25) is 0 Å². The Kier molecular flexibility index (Phi) is 4.27. The van der Waals surface area contributed by atoms with E-state index in [1.165, 1.54) is 13.0 Å². The van der Waals surface area contributed by atoms with Crippen molar-refractivity contribution in [2.75, 3.05) is 0 Å². The minimum Gasteiger partial charge on any atom is -0.448 e. The van der Waals surface area contributed by atoms with Crippen LogP contribution < -0.4 is 5.73 Å². The molecule has 0 radical (unpaired) electrons. The number of amides is 1. The second-order valence-corrected chi connectivity index (χ2v) is 3.20. The quantitative estimate of drug-likeness (QED) is 0.771. The fourth-order valence-corrected chi connectivity index (χ4v) is 1.13. The summed E-state index contributed by atoms with van der Waals surface area (Å²) in [5.41, 5.74) is 5.99. The molecule has 1 rings (SSSR count). The van der Waals surface area contributed by atoms with Gasteiger partial charge in [-0.2, -0.15) is 0 Å². The van der Waals surface area contributed by atoms with Crippen molar-refractivity contribution >= 4 is 18.0 Å². The lowest BCUT2D eigenvalue weighted by molar-refractivity contribution is -0.149. The largest absolute Gasteiger partial charge is 0.448 e. The highest BCUT2D eigenvalue weighted by Gasteiger charge is 2.14. The number of carbonyl (C=O) groups excluding carboxylic acids is 2. The van der Waals surface area contributed by atoms with Gasteiger partial charge in [0.05, 0.1) is 0 Å². The first-order valence-corrected chi connectivity index (χ1v) is 4.79. The minimum atomic E-state index is -1.02. The van der Waals surface area contributed by atoms with Crippen LogP contribution in [-0.4, -0.2) is 18.0 Å². The van der Waals surface area contributed by atoms with Crippen molar-refractivity contribution in [2.24, 2.45) is 5.73 Å². The van der Waals surface area contributed by atoms with Crippen molar-refractivity contribution in [3.63, 3.8) is 0 Å². The molecular weight excluding hydrogens is 206 g/mol. The number of esters is 1. The van der Waals surface area contributed by atoms with Crippen LogP contribution in [0.15, 0.2) is 36.4 Å². The van der Waals surface area contributed by atoms with Crippen molar-refractivity contribution in [2.45, 2.75) is 13.0 Å². The Morgan fingerprint density at radius 1 is 1.31 bits per heavy atom. The highest BCUT2D eigenvalue weighted by Crippen LogP contribution is 2.04. The smallest absolute Gasteiger partial charge is 0.303 e. The van der Waals surface area contributed by atoms with Crippen molar-refractivity contribution < 1.29 is 14.3 Å². The lowest BCUT2D eigenvalue weighted by Gasteiger charge is -2.08. The predicted molar refractivity (Wildman–Crippen MR) is 60.2 cm³/mol. The van der Waals surface area contributed by atoms with Gasteiger partial charge in [0.25, 0.3) is 5.91 Å². The number of nitrogens with two attached hydrogens (primary N) is 1. The molecule has 0 saturated heterocycles. The molecule has 2 N–H and O–H groups in total. The average Bonchev–Trinajstić information content (AvgIpc) is 2.25. The summed E-state index contributed by atoms with van der Waals surface area (Å²) in [7, 11) is 0. The van der Waals surface area contributed by atoms with Crippen LogP contribution in [0.25, 0.3) is 6.08 Å². The molecule has 0 saturated carbocycles. The molecule has 4 heteroatoms. The van der Waals surface area contributed by atoms with Gasteiger partial charge in [0, 0.05) is 6.92 Å². The lowest BCUT2D eigenvalue weighted by Crippen LogP contribution is -2.30. The van der Waals surface area contributed by atoms with Crippen LogP contribution in [0.3, 0.4) is 0 Å². The van der Waals surface area contributed by atoms with E-state index in [4.69, 9.17) is 10.5 Å². The Hall–Kier alpha value is -2.10. The molecule has 1 aromatic carbocycles. The summed E-state index contributed by atoms with van der Waals surface area (Å²) >= 11 is 0. The van der Waals surface area contributed by atoms with E-state index in [9.17, 15) is 9.59 Å². The molecule has 0 heterocycles. The molecule has 0 aliphatic rings. The third-order valence-corrected chi connectivity index (χ3v) is 1.84. The maximum atomic E-state index is 10.9. The molecule has 0 fully saturated rings. The van der Waals surface area contributed by atoms with Gasteiger partial charge < -0.3 is 10.5 Å². The molecule has 84 valence electrons. The Balaban J connectivity index is 2.72. The van der Waals surface area contributed by atoms with E-state index in [2.05, 4.69) is 0 Å². The third-order valence-electron chi connectivity index (χ3n) is 1.84. The molecule has 0 aromatic heterocycles. The molecular formula is C12H13NO3. The first-order chi connectivity index (χ1) is 7.59. The van der Waals surface area contributed by atoms with Crippen LogP contribution >= 0.6 is 0 Å². The summed E-state index contributed by atoms with van der Waals surface area (Å²) in [5, 5.41) is 0. The van der Waals surface area contributed by atoms with Crippen molar-refractivity contribution in [3.8, 4) is 0 Å². The number of ether oxygens (including phenoxy) is 1. The molecule has 1 atom stereocenters. The monoisotopic (exact) mass is 219 g/mol. The normalized spacial score (nSPS) is 12.3. The molecule has 0 aliphatic carbocycles. The average molecular weight is 219 g/mol. The van der Waals surface area contributed by atoms with E-state index in [1.807, 2.05) is 30.3 Å². The van der Waals surface area contributed by atoms with Crippen LogP contribution in [-0.2, 0) is 14.3 Å². The minimum absolute atomic E-state index is 0.540. The summed E-state index contributed by atoms with van der Waals surface area (Å²) in [6, 6.07) is 9.34. The number of primary amides is 1. The van der Waals surface area contributed by atoms with Crippen molar-refractivity contribution in [1.82, 2.24) is 0 Å². The number of hydrogen-bond donors (Lipinski definition) is 1. The molecule has 0 spiro atoms. The zero-order valence-electron chi connectivity index (χ0n) is 8.92. The molecule has 0 bridgehead atoms. The van der Waals surface area contributed by atoms with Gasteiger partial charge in [0.1, 0.15) is 0 Å². The highest BCUT2D eigenvalue weighted by atomic mass is 16.5. The fourth-order valence-electron chi connectivity index (χ4n) is 1.13. The van der Waals surface area contributed by atoms with Gasteiger partial charge in [-0.25, -0.2) is 0 Å². The Morgan fingerprint density at radius 2 is 1.94 bits per heavy atom. The van der Waals surface area contributed by atoms with E-state index in [1.54, 1.807) is 6.08 Å². The highest BCUT2D eigenvalue weighted by molar-refractivity contribution is 5.84. The van der Waals surface area contributed by atoms with Gasteiger partial charge in [-0.3, -0.25) is 9.59 Å². The topological polar surface area (TPSA) is 69.4 Å². The number of rotatable bonds is 4. The molecule has 1 amide bonds. The van der Waals surface area contributed by atoms with Gasteiger partial charge in [-0.1, -0.05) is 36.4 Å². The number of carbonyl (C=O) groups is 2. The maximum absolute atomic E-state index is 10.9. The number of benzene rings is 1. The standard InChI is InChI=1S/C12H13NO3/c1-9(14)16-11(12(13)15)8-7-10-5-3-2-4-6-10/h2-8,11H,1H3,(H2,13,15)/b8-7+. The zero-order valence-corrected chi connectivity index (χ0v) is 8.92. The van der Waals surface area contributed by atoms with E-state index in [-0.39, 0.29) is 0 Å². The lowest BCUT2D eigenvalue weighted by atomic mass is 10.2. The van der Waals surface area contributed by atoms with Gasteiger partial charge in [0.2, 0.25) is 0 Å². The van der Waals surface area contributed by atoms with Gasteiger partial charge in [0.15, 0.2) is 6.10 Å². The summed E-state index contributed by atoms with van der Waals surface area (Å²) in [6.45, 7) is 1.23. The van der Waals surface area contributed by atoms with Gasteiger partial charge >= 0.3 is 5.97 Å². The number of hydrogen-bond acceptors (Lipinski definition) is 3. The Morgan fingerprint density at radius 3 is 2.44 bits per heavy atom. The van der Waals surface area contributed by atoms with Gasteiger partial charge in [-0.15, -0.1) is 0 Å². The van der Waals surface area contributed by atoms with Crippen molar-refractivity contribution in [1.29, 1.82) is 0 Å². The van der Waals surface area contributed by atoms with E-state index in [0.717, 1.165) is 5.56 Å². The van der Waals surface area contributed by atoms with Crippen molar-refractivity contribution in [3.05, 3.63) is 42.0 Å².